The first kappa shape index (κ1) is 23.6. The van der Waals surface area contributed by atoms with Crippen molar-refractivity contribution in [1.82, 2.24) is 0 Å². The first-order chi connectivity index (χ1) is 16.4. The number of ether oxygens (including phenoxy) is 2. The average molecular weight is 479 g/mol. The summed E-state index contributed by atoms with van der Waals surface area (Å²) in [5, 5.41) is 24.1. The van der Waals surface area contributed by atoms with Crippen LogP contribution in [-0.4, -0.2) is 40.4 Å². The number of rotatable bonds is 1. The lowest BCUT2D eigenvalue weighted by atomic mass is 9.59. The average Bonchev–Trinajstić information content (AvgIpc) is 3.28. The molecule has 1 aliphatic heterocycles. The molecule has 1 spiro atoms. The first-order valence-electron chi connectivity index (χ1n) is 13.0. The summed E-state index contributed by atoms with van der Waals surface area (Å²) in [4.78, 5) is 14.5. The Morgan fingerprint density at radius 3 is 2.40 bits per heavy atom. The fraction of sp³-hybridized carbons (Fsp3) is 0.633. The van der Waals surface area contributed by atoms with E-state index in [4.69, 9.17) is 9.47 Å². The summed E-state index contributed by atoms with van der Waals surface area (Å²) in [5.41, 5.74) is 2.81. The zero-order valence-electron chi connectivity index (χ0n) is 21.9. The van der Waals surface area contributed by atoms with E-state index < -0.39 is 29.5 Å². The van der Waals surface area contributed by atoms with E-state index in [-0.39, 0.29) is 35.6 Å². The Labute approximate surface area is 208 Å². The van der Waals surface area contributed by atoms with Gasteiger partial charge < -0.3 is 19.7 Å². The molecule has 188 valence electrons. The van der Waals surface area contributed by atoms with Gasteiger partial charge in [0.1, 0.15) is 17.8 Å². The largest absolute Gasteiger partial charge is 0.386 e. The van der Waals surface area contributed by atoms with Crippen LogP contribution in [0.3, 0.4) is 0 Å². The topological polar surface area (TPSA) is 76.0 Å². The number of ketones is 1. The number of carbonyl (C=O) groups excluding carboxylic acids is 1. The third-order valence-electron chi connectivity index (χ3n) is 10.4. The molecule has 1 heterocycles. The van der Waals surface area contributed by atoms with E-state index in [0.29, 0.717) is 11.5 Å². The lowest BCUT2D eigenvalue weighted by Crippen LogP contribution is -2.66. The van der Waals surface area contributed by atoms with Gasteiger partial charge in [0.05, 0.1) is 12.0 Å². The molecule has 5 nitrogen and oxygen atoms in total. The number of allylic oxidation sites excluding steroid dienone is 1. The lowest BCUT2D eigenvalue weighted by molar-refractivity contribution is -0.267. The molecule has 1 aromatic carbocycles. The molecular formula is C30H38O5. The van der Waals surface area contributed by atoms with E-state index in [1.54, 1.807) is 0 Å². The van der Waals surface area contributed by atoms with Crippen LogP contribution < -0.4 is 0 Å². The molecule has 5 heteroatoms. The van der Waals surface area contributed by atoms with Gasteiger partial charge in [-0.15, -0.1) is 0 Å². The molecule has 0 amide bonds. The molecule has 1 aromatic rings. The molecule has 0 aromatic heterocycles. The van der Waals surface area contributed by atoms with Crippen LogP contribution in [0.2, 0.25) is 0 Å². The molecule has 2 N–H and O–H groups in total. The predicted octanol–water partition coefficient (Wildman–Crippen LogP) is 4.50. The summed E-state index contributed by atoms with van der Waals surface area (Å²) in [5.74, 6) is 0.259. The van der Waals surface area contributed by atoms with Gasteiger partial charge in [0, 0.05) is 11.5 Å². The quantitative estimate of drug-likeness (QED) is 0.581. The lowest BCUT2D eigenvalue weighted by Gasteiger charge is -2.51. The molecule has 5 aliphatic rings. The Balaban J connectivity index is 1.52. The van der Waals surface area contributed by atoms with E-state index in [1.165, 1.54) is 5.56 Å². The zero-order chi connectivity index (χ0) is 25.2. The zero-order valence-corrected chi connectivity index (χ0v) is 21.9. The number of aliphatic hydroxyl groups is 2. The van der Waals surface area contributed by atoms with Gasteiger partial charge in [0.25, 0.3) is 0 Å². The SMILES string of the molecule is CC1=CC23C(=O)C(C=C4COC(c5c(C)cc(C)cc5C)O[C@H]4[C@]2(O)[C@H]1O)[C@H]1[C@@H](C[C@H]3C)C1(C)C. The van der Waals surface area contributed by atoms with Crippen molar-refractivity contribution in [2.75, 3.05) is 6.61 Å². The summed E-state index contributed by atoms with van der Waals surface area (Å²) in [7, 11) is 0. The van der Waals surface area contributed by atoms with E-state index in [2.05, 4.69) is 39.8 Å². The van der Waals surface area contributed by atoms with Crippen LogP contribution in [0.5, 0.6) is 0 Å². The van der Waals surface area contributed by atoms with Gasteiger partial charge in [-0.3, -0.25) is 4.79 Å². The highest BCUT2D eigenvalue weighted by Crippen LogP contribution is 2.72. The van der Waals surface area contributed by atoms with Crippen LogP contribution in [0.4, 0.5) is 0 Å². The molecule has 9 atom stereocenters. The van der Waals surface area contributed by atoms with Crippen molar-refractivity contribution >= 4 is 5.78 Å². The highest BCUT2D eigenvalue weighted by molar-refractivity contribution is 5.95. The van der Waals surface area contributed by atoms with Crippen LogP contribution in [0.25, 0.3) is 0 Å². The maximum absolute atomic E-state index is 14.5. The van der Waals surface area contributed by atoms with Crippen LogP contribution in [0.15, 0.2) is 35.4 Å². The van der Waals surface area contributed by atoms with Crippen molar-refractivity contribution in [2.24, 2.45) is 34.5 Å². The third-order valence-corrected chi connectivity index (χ3v) is 10.4. The minimum absolute atomic E-state index is 0.0335. The van der Waals surface area contributed by atoms with Gasteiger partial charge in [0.2, 0.25) is 0 Å². The Morgan fingerprint density at radius 2 is 1.74 bits per heavy atom. The standard InChI is InChI=1S/C30H38O5/c1-14-8-15(2)22(16(3)9-14)27-34-13-19-11-20-23-21(28(23,6)7)10-18(5)29(25(20)32)12-17(4)24(31)30(29,33)26(19)35-27/h8-9,11-12,18,20-21,23-24,26-27,31,33H,10,13H2,1-7H3/t18-,20?,21-,23+,24+,26-,27?,29?,30-/m1/s1. The number of hydrogen-bond acceptors (Lipinski definition) is 5. The van der Waals surface area contributed by atoms with Gasteiger partial charge in [-0.05, 0) is 79.6 Å². The predicted molar refractivity (Wildman–Crippen MR) is 132 cm³/mol. The number of aryl methyl sites for hydroxylation is 3. The third kappa shape index (κ3) is 2.76. The van der Waals surface area contributed by atoms with Crippen molar-refractivity contribution < 1.29 is 24.5 Å². The van der Waals surface area contributed by atoms with Gasteiger partial charge in [-0.1, -0.05) is 50.6 Å². The van der Waals surface area contributed by atoms with E-state index in [1.807, 2.05) is 32.9 Å². The maximum atomic E-state index is 14.5. The van der Waals surface area contributed by atoms with Crippen molar-refractivity contribution in [1.29, 1.82) is 0 Å². The highest BCUT2D eigenvalue weighted by Gasteiger charge is 2.76. The van der Waals surface area contributed by atoms with E-state index >= 15 is 0 Å². The smallest absolute Gasteiger partial charge is 0.185 e. The minimum Gasteiger partial charge on any atom is -0.386 e. The molecule has 1 saturated heterocycles. The van der Waals surface area contributed by atoms with E-state index in [0.717, 1.165) is 28.7 Å². The molecule has 0 radical (unpaired) electrons. The molecule has 6 rings (SSSR count). The summed E-state index contributed by atoms with van der Waals surface area (Å²) < 4.78 is 12.9. The van der Waals surface area contributed by atoms with Gasteiger partial charge in [-0.25, -0.2) is 0 Å². The summed E-state index contributed by atoms with van der Waals surface area (Å²) in [6.45, 7) is 14.8. The summed E-state index contributed by atoms with van der Waals surface area (Å²) in [6, 6.07) is 4.22. The number of Topliss-reactive ketones (excluding diaryl/α,β-unsaturated/α-hetero) is 1. The molecule has 3 unspecified atom stereocenters. The highest BCUT2D eigenvalue weighted by atomic mass is 16.7. The van der Waals surface area contributed by atoms with Crippen molar-refractivity contribution in [3.63, 3.8) is 0 Å². The van der Waals surface area contributed by atoms with Gasteiger partial charge in [-0.2, -0.15) is 0 Å². The van der Waals surface area contributed by atoms with E-state index in [9.17, 15) is 15.0 Å². The number of benzene rings is 1. The molecule has 3 fully saturated rings. The summed E-state index contributed by atoms with van der Waals surface area (Å²) in [6.07, 6.45) is 2.09. The summed E-state index contributed by atoms with van der Waals surface area (Å²) >= 11 is 0. The van der Waals surface area contributed by atoms with Gasteiger partial charge in [0.15, 0.2) is 12.1 Å². The van der Waals surface area contributed by atoms with Crippen molar-refractivity contribution in [3.8, 4) is 0 Å². The monoisotopic (exact) mass is 478 g/mol. The van der Waals surface area contributed by atoms with Crippen molar-refractivity contribution in [2.45, 2.75) is 79.0 Å². The Bertz CT molecular complexity index is 1170. The number of fused-ring (bicyclic) bond motifs is 5. The number of hydrogen-bond donors (Lipinski definition) is 2. The first-order valence-corrected chi connectivity index (χ1v) is 13.0. The Kier molecular flexibility index (Phi) is 4.83. The number of carbonyl (C=O) groups is 1. The number of aliphatic hydroxyl groups excluding tert-OH is 1. The molecule has 2 bridgehead atoms. The van der Waals surface area contributed by atoms with Gasteiger partial charge >= 0.3 is 0 Å². The van der Waals surface area contributed by atoms with Crippen LogP contribution in [0, 0.1) is 55.3 Å². The fourth-order valence-electron chi connectivity index (χ4n) is 8.64. The Morgan fingerprint density at radius 1 is 1.09 bits per heavy atom. The Hall–Kier alpha value is -1.79. The molecule has 2 saturated carbocycles. The second-order valence-corrected chi connectivity index (χ2v) is 12.7. The molecular weight excluding hydrogens is 440 g/mol. The fourth-order valence-corrected chi connectivity index (χ4v) is 8.64. The second-order valence-electron chi connectivity index (χ2n) is 12.7. The maximum Gasteiger partial charge on any atom is 0.185 e. The minimum atomic E-state index is -1.77. The van der Waals surface area contributed by atoms with Crippen LogP contribution >= 0.6 is 0 Å². The van der Waals surface area contributed by atoms with Crippen molar-refractivity contribution in [3.05, 3.63) is 57.7 Å². The molecule has 35 heavy (non-hydrogen) atoms. The second kappa shape index (κ2) is 7.16. The van der Waals surface area contributed by atoms with Crippen LogP contribution in [0.1, 0.15) is 62.7 Å². The van der Waals surface area contributed by atoms with Crippen LogP contribution in [-0.2, 0) is 14.3 Å². The molecule has 4 aliphatic carbocycles. The normalized spacial score (nSPS) is 45.4.